The molecule has 0 unspecified atom stereocenters. The van der Waals surface area contributed by atoms with Gasteiger partial charge in [0, 0.05) is 29.8 Å². The monoisotopic (exact) mass is 465 g/mol. The van der Waals surface area contributed by atoms with Crippen LogP contribution in [0.2, 0.25) is 0 Å². The minimum absolute atomic E-state index is 0.196. The van der Waals surface area contributed by atoms with E-state index in [2.05, 4.69) is 20.7 Å². The molecule has 2 amide bonds. The predicted octanol–water partition coefficient (Wildman–Crippen LogP) is 4.66. The Hall–Kier alpha value is -4.05. The number of hydrogen-bond donors (Lipinski definition) is 2. The van der Waals surface area contributed by atoms with E-state index in [0.717, 1.165) is 5.56 Å². The highest BCUT2D eigenvalue weighted by atomic mass is 32.1. The van der Waals surface area contributed by atoms with E-state index in [-0.39, 0.29) is 17.2 Å². The predicted molar refractivity (Wildman–Crippen MR) is 125 cm³/mol. The molecule has 0 aliphatic carbocycles. The van der Waals surface area contributed by atoms with Crippen molar-refractivity contribution >= 4 is 34.0 Å². The molecular weight excluding hydrogens is 445 g/mol. The fourth-order valence-corrected chi connectivity index (χ4v) is 3.88. The van der Waals surface area contributed by atoms with E-state index in [1.54, 1.807) is 35.5 Å². The molecule has 0 aliphatic rings. The van der Waals surface area contributed by atoms with Gasteiger partial charge in [0.2, 0.25) is 5.91 Å². The number of carbonyl (C=O) groups excluding carboxylic acids is 2. The second kappa shape index (κ2) is 9.21. The zero-order valence-electron chi connectivity index (χ0n) is 18.0. The van der Waals surface area contributed by atoms with E-state index in [1.165, 1.54) is 30.4 Å². The average molecular weight is 466 g/mol. The summed E-state index contributed by atoms with van der Waals surface area (Å²) in [5.41, 5.74) is 2.93. The van der Waals surface area contributed by atoms with Crippen LogP contribution in [-0.4, -0.2) is 33.7 Å². The molecule has 0 saturated heterocycles. The van der Waals surface area contributed by atoms with E-state index in [1.807, 2.05) is 25.1 Å². The molecule has 2 aromatic heterocycles. The summed E-state index contributed by atoms with van der Waals surface area (Å²) in [4.78, 5) is 28.1. The zero-order valence-corrected chi connectivity index (χ0v) is 18.9. The van der Waals surface area contributed by atoms with Gasteiger partial charge in [-0.05, 0) is 48.9 Å². The lowest BCUT2D eigenvalue weighted by Gasteiger charge is -2.09. The number of methoxy groups -OCH3 is 1. The smallest absolute Gasteiger partial charge is 0.277 e. The SMILES string of the molecule is COc1ccc(C)cc1-n1ccc(C(=O)Nc2nc(-c3ccc(NC(C)=O)cc3F)cs2)n1. The highest BCUT2D eigenvalue weighted by Crippen LogP contribution is 2.29. The van der Waals surface area contributed by atoms with Gasteiger partial charge in [0.15, 0.2) is 10.8 Å². The largest absolute Gasteiger partial charge is 0.494 e. The first-order chi connectivity index (χ1) is 15.8. The third-order valence-corrected chi connectivity index (χ3v) is 5.45. The molecule has 2 N–H and O–H groups in total. The molecule has 0 bridgehead atoms. The number of nitrogens with zero attached hydrogens (tertiary/aromatic N) is 3. The standard InChI is InChI=1S/C23H20FN5O3S/c1-13-4-7-21(32-3)20(10-13)29-9-8-18(28-29)22(31)27-23-26-19(12-33-23)16-6-5-15(11-17(16)24)25-14(2)30/h4-12H,1-3H3,(H,25,30)(H,26,27,31). The topological polar surface area (TPSA) is 98.1 Å². The second-order valence-corrected chi connectivity index (χ2v) is 8.05. The van der Waals surface area contributed by atoms with Crippen LogP contribution in [0.1, 0.15) is 23.0 Å². The Kier molecular flexibility index (Phi) is 6.18. The molecule has 0 atom stereocenters. The Morgan fingerprint density at radius 3 is 2.67 bits per heavy atom. The molecule has 2 aromatic carbocycles. The van der Waals surface area contributed by atoms with Crippen LogP contribution in [0.3, 0.4) is 0 Å². The van der Waals surface area contributed by atoms with Gasteiger partial charge in [-0.15, -0.1) is 11.3 Å². The fraction of sp³-hybridized carbons (Fsp3) is 0.130. The van der Waals surface area contributed by atoms with Gasteiger partial charge in [-0.2, -0.15) is 5.10 Å². The maximum absolute atomic E-state index is 14.5. The molecule has 2 heterocycles. The number of hydrogen-bond acceptors (Lipinski definition) is 6. The summed E-state index contributed by atoms with van der Waals surface area (Å²) in [5.74, 6) is -0.631. The third-order valence-electron chi connectivity index (χ3n) is 4.69. The number of thiazole rings is 1. The Morgan fingerprint density at radius 1 is 1.12 bits per heavy atom. The van der Waals surface area contributed by atoms with Crippen molar-refractivity contribution in [2.24, 2.45) is 0 Å². The van der Waals surface area contributed by atoms with Crippen LogP contribution in [0.5, 0.6) is 5.75 Å². The summed E-state index contributed by atoms with van der Waals surface area (Å²) in [6, 6.07) is 11.6. The van der Waals surface area contributed by atoms with Gasteiger partial charge >= 0.3 is 0 Å². The van der Waals surface area contributed by atoms with Crippen LogP contribution in [0.15, 0.2) is 54.0 Å². The van der Waals surface area contributed by atoms with Crippen molar-refractivity contribution in [1.82, 2.24) is 14.8 Å². The van der Waals surface area contributed by atoms with Crippen molar-refractivity contribution in [3.8, 4) is 22.7 Å². The number of aromatic nitrogens is 3. The molecular formula is C23H20FN5O3S. The average Bonchev–Trinajstić information content (AvgIpc) is 3.43. The van der Waals surface area contributed by atoms with Crippen LogP contribution < -0.4 is 15.4 Å². The number of aryl methyl sites for hydroxylation is 1. The van der Waals surface area contributed by atoms with Crippen LogP contribution in [0.4, 0.5) is 15.2 Å². The van der Waals surface area contributed by atoms with Crippen molar-refractivity contribution in [3.05, 3.63) is 71.1 Å². The molecule has 0 fully saturated rings. The molecule has 8 nitrogen and oxygen atoms in total. The summed E-state index contributed by atoms with van der Waals surface area (Å²) < 4.78 is 21.4. The van der Waals surface area contributed by atoms with Gasteiger partial charge in [-0.1, -0.05) is 6.07 Å². The molecule has 168 valence electrons. The highest BCUT2D eigenvalue weighted by molar-refractivity contribution is 7.14. The van der Waals surface area contributed by atoms with E-state index >= 15 is 0 Å². The Bertz CT molecular complexity index is 1350. The Balaban J connectivity index is 1.50. The highest BCUT2D eigenvalue weighted by Gasteiger charge is 2.16. The number of ether oxygens (including phenoxy) is 1. The lowest BCUT2D eigenvalue weighted by Crippen LogP contribution is -2.13. The summed E-state index contributed by atoms with van der Waals surface area (Å²) in [5, 5.41) is 11.5. The molecule has 0 saturated carbocycles. The second-order valence-electron chi connectivity index (χ2n) is 7.19. The van der Waals surface area contributed by atoms with Crippen LogP contribution in [-0.2, 0) is 4.79 Å². The molecule has 4 aromatic rings. The Morgan fingerprint density at radius 2 is 1.94 bits per heavy atom. The number of nitrogens with one attached hydrogen (secondary N) is 2. The molecule has 0 spiro atoms. The first-order valence-electron chi connectivity index (χ1n) is 9.89. The summed E-state index contributed by atoms with van der Waals surface area (Å²) in [6.45, 7) is 3.30. The molecule has 0 radical (unpaired) electrons. The molecule has 4 rings (SSSR count). The fourth-order valence-electron chi connectivity index (χ4n) is 3.18. The van der Waals surface area contributed by atoms with Crippen LogP contribution in [0.25, 0.3) is 16.9 Å². The van der Waals surface area contributed by atoms with Gasteiger partial charge in [-0.3, -0.25) is 14.9 Å². The van der Waals surface area contributed by atoms with Gasteiger partial charge in [0.05, 0.1) is 12.8 Å². The number of benzene rings is 2. The molecule has 10 heteroatoms. The number of rotatable bonds is 6. The van der Waals surface area contributed by atoms with Gasteiger partial charge < -0.3 is 10.1 Å². The first kappa shape index (κ1) is 22.2. The van der Waals surface area contributed by atoms with Gasteiger partial charge in [-0.25, -0.2) is 14.1 Å². The Labute approximate surface area is 193 Å². The molecule has 33 heavy (non-hydrogen) atoms. The summed E-state index contributed by atoms with van der Waals surface area (Å²) >= 11 is 1.17. The molecule has 0 aliphatic heterocycles. The maximum Gasteiger partial charge on any atom is 0.277 e. The van der Waals surface area contributed by atoms with Crippen molar-refractivity contribution in [2.45, 2.75) is 13.8 Å². The minimum Gasteiger partial charge on any atom is -0.494 e. The number of carbonyl (C=O) groups is 2. The normalized spacial score (nSPS) is 10.7. The zero-order chi connectivity index (χ0) is 23.5. The van der Waals surface area contributed by atoms with Crippen LogP contribution >= 0.6 is 11.3 Å². The van der Waals surface area contributed by atoms with Gasteiger partial charge in [0.1, 0.15) is 17.3 Å². The number of halogens is 1. The van der Waals surface area contributed by atoms with Crippen molar-refractivity contribution < 1.29 is 18.7 Å². The lowest BCUT2D eigenvalue weighted by molar-refractivity contribution is -0.114. The first-order valence-corrected chi connectivity index (χ1v) is 10.8. The summed E-state index contributed by atoms with van der Waals surface area (Å²) in [6.07, 6.45) is 1.67. The maximum atomic E-state index is 14.5. The third kappa shape index (κ3) is 4.90. The van der Waals surface area contributed by atoms with Gasteiger partial charge in [0.25, 0.3) is 5.91 Å². The quantitative estimate of drug-likeness (QED) is 0.432. The number of anilines is 2. The van der Waals surface area contributed by atoms with Crippen LogP contribution in [0, 0.1) is 12.7 Å². The number of amides is 2. The summed E-state index contributed by atoms with van der Waals surface area (Å²) in [7, 11) is 1.57. The van der Waals surface area contributed by atoms with E-state index in [4.69, 9.17) is 4.74 Å². The van der Waals surface area contributed by atoms with Crippen molar-refractivity contribution in [2.75, 3.05) is 17.7 Å². The van der Waals surface area contributed by atoms with Crippen molar-refractivity contribution in [1.29, 1.82) is 0 Å². The van der Waals surface area contributed by atoms with E-state index < -0.39 is 11.7 Å². The minimum atomic E-state index is -0.532. The van der Waals surface area contributed by atoms with Crippen molar-refractivity contribution in [3.63, 3.8) is 0 Å². The lowest BCUT2D eigenvalue weighted by atomic mass is 10.1. The van der Waals surface area contributed by atoms with E-state index in [0.29, 0.717) is 27.9 Å². The van der Waals surface area contributed by atoms with E-state index in [9.17, 15) is 14.0 Å².